The first-order valence-corrected chi connectivity index (χ1v) is 6.67. The molecule has 6 heteroatoms. The van der Waals surface area contributed by atoms with E-state index in [0.29, 0.717) is 17.2 Å². The van der Waals surface area contributed by atoms with Crippen LogP contribution >= 0.6 is 0 Å². The summed E-state index contributed by atoms with van der Waals surface area (Å²) in [5, 5.41) is 3.07. The number of anilines is 1. The van der Waals surface area contributed by atoms with Crippen molar-refractivity contribution in [2.75, 3.05) is 11.9 Å². The van der Waals surface area contributed by atoms with Crippen LogP contribution in [0.5, 0.6) is 0 Å². The molecule has 0 amide bonds. The Morgan fingerprint density at radius 3 is 2.38 bits per heavy atom. The summed E-state index contributed by atoms with van der Waals surface area (Å²) in [6.07, 6.45) is -1.72. The first-order valence-electron chi connectivity index (χ1n) is 6.67. The molecule has 0 bridgehead atoms. The summed E-state index contributed by atoms with van der Waals surface area (Å²) in [4.78, 5) is 8.52. The van der Waals surface area contributed by atoms with Gasteiger partial charge in [-0.2, -0.15) is 13.2 Å². The summed E-state index contributed by atoms with van der Waals surface area (Å²) in [5.41, 5.74) is 1.43. The molecule has 0 fully saturated rings. The number of hydrogen-bond acceptors (Lipinski definition) is 3. The number of aryl methyl sites for hydroxylation is 1. The van der Waals surface area contributed by atoms with E-state index in [1.807, 2.05) is 13.8 Å². The number of alkyl halides is 3. The van der Waals surface area contributed by atoms with Gasteiger partial charge in [-0.3, -0.25) is 0 Å². The highest BCUT2D eigenvalue weighted by Crippen LogP contribution is 2.31. The number of halogens is 3. The molecule has 0 aliphatic carbocycles. The van der Waals surface area contributed by atoms with Gasteiger partial charge in [0.15, 0.2) is 0 Å². The molecule has 3 nitrogen and oxygen atoms in total. The number of aromatic nitrogens is 2. The zero-order valence-corrected chi connectivity index (χ0v) is 11.8. The van der Waals surface area contributed by atoms with Crippen LogP contribution in [-0.4, -0.2) is 16.5 Å². The average Bonchev–Trinajstić information content (AvgIpc) is 2.46. The SMILES string of the molecule is CCCNc1ncc(C)c(-c2ccc(C(F)(F)F)cc2)n1. The van der Waals surface area contributed by atoms with Crippen LogP contribution < -0.4 is 5.32 Å². The Labute approximate surface area is 121 Å². The highest BCUT2D eigenvalue weighted by atomic mass is 19.4. The minimum absolute atomic E-state index is 0.484. The van der Waals surface area contributed by atoms with Crippen LogP contribution in [0.3, 0.4) is 0 Å². The molecule has 1 aromatic carbocycles. The van der Waals surface area contributed by atoms with Crippen molar-refractivity contribution in [3.05, 3.63) is 41.6 Å². The van der Waals surface area contributed by atoms with Gasteiger partial charge in [-0.05, 0) is 31.0 Å². The molecule has 1 N–H and O–H groups in total. The lowest BCUT2D eigenvalue weighted by Gasteiger charge is -2.10. The highest BCUT2D eigenvalue weighted by Gasteiger charge is 2.30. The summed E-state index contributed by atoms with van der Waals surface area (Å²) in [7, 11) is 0. The topological polar surface area (TPSA) is 37.8 Å². The molecule has 0 aliphatic rings. The maximum absolute atomic E-state index is 12.6. The molecular weight excluding hydrogens is 279 g/mol. The van der Waals surface area contributed by atoms with E-state index in [1.165, 1.54) is 12.1 Å². The van der Waals surface area contributed by atoms with Crippen molar-refractivity contribution in [3.8, 4) is 11.3 Å². The summed E-state index contributed by atoms with van der Waals surface area (Å²) < 4.78 is 37.7. The monoisotopic (exact) mass is 295 g/mol. The van der Waals surface area contributed by atoms with Crippen molar-refractivity contribution >= 4 is 5.95 Å². The molecular formula is C15H16F3N3. The lowest BCUT2D eigenvalue weighted by atomic mass is 10.1. The summed E-state index contributed by atoms with van der Waals surface area (Å²) >= 11 is 0. The number of nitrogens with one attached hydrogen (secondary N) is 1. The second kappa shape index (κ2) is 6.11. The molecule has 112 valence electrons. The Kier molecular flexibility index (Phi) is 4.45. The second-order valence-electron chi connectivity index (χ2n) is 4.73. The van der Waals surface area contributed by atoms with Gasteiger partial charge in [-0.15, -0.1) is 0 Å². The molecule has 0 saturated carbocycles. The van der Waals surface area contributed by atoms with Crippen LogP contribution in [0.15, 0.2) is 30.5 Å². The minimum Gasteiger partial charge on any atom is -0.354 e. The molecule has 0 radical (unpaired) electrons. The first-order chi connectivity index (χ1) is 9.91. The fourth-order valence-corrected chi connectivity index (χ4v) is 1.87. The molecule has 0 aliphatic heterocycles. The molecule has 0 saturated heterocycles. The normalized spacial score (nSPS) is 11.5. The molecule has 0 spiro atoms. The molecule has 21 heavy (non-hydrogen) atoms. The lowest BCUT2D eigenvalue weighted by Crippen LogP contribution is -2.06. The van der Waals surface area contributed by atoms with Gasteiger partial charge in [-0.1, -0.05) is 19.1 Å². The van der Waals surface area contributed by atoms with Crippen molar-refractivity contribution in [2.24, 2.45) is 0 Å². The number of rotatable bonds is 4. The van der Waals surface area contributed by atoms with Crippen molar-refractivity contribution in [2.45, 2.75) is 26.4 Å². The third-order valence-electron chi connectivity index (χ3n) is 2.99. The predicted octanol–water partition coefficient (Wildman–Crippen LogP) is 4.29. The quantitative estimate of drug-likeness (QED) is 0.914. The Morgan fingerprint density at radius 1 is 1.14 bits per heavy atom. The second-order valence-corrected chi connectivity index (χ2v) is 4.73. The van der Waals surface area contributed by atoms with E-state index in [1.54, 1.807) is 6.20 Å². The van der Waals surface area contributed by atoms with E-state index in [2.05, 4.69) is 15.3 Å². The van der Waals surface area contributed by atoms with Gasteiger partial charge in [0.1, 0.15) is 0 Å². The van der Waals surface area contributed by atoms with Crippen LogP contribution in [0, 0.1) is 6.92 Å². The van der Waals surface area contributed by atoms with Gasteiger partial charge >= 0.3 is 6.18 Å². The van der Waals surface area contributed by atoms with Gasteiger partial charge in [0.05, 0.1) is 11.3 Å². The fraction of sp³-hybridized carbons (Fsp3) is 0.333. The van der Waals surface area contributed by atoms with E-state index < -0.39 is 11.7 Å². The molecule has 1 aromatic heterocycles. The first kappa shape index (κ1) is 15.3. The van der Waals surface area contributed by atoms with Gasteiger partial charge in [0.2, 0.25) is 5.95 Å². The third kappa shape index (κ3) is 3.71. The van der Waals surface area contributed by atoms with Crippen molar-refractivity contribution < 1.29 is 13.2 Å². The van der Waals surface area contributed by atoms with Crippen molar-refractivity contribution in [1.82, 2.24) is 9.97 Å². The van der Waals surface area contributed by atoms with Crippen LogP contribution in [-0.2, 0) is 6.18 Å². The number of nitrogens with zero attached hydrogens (tertiary/aromatic N) is 2. The summed E-state index contributed by atoms with van der Waals surface area (Å²) in [5.74, 6) is 0.484. The zero-order chi connectivity index (χ0) is 15.5. The van der Waals surface area contributed by atoms with Crippen LogP contribution in [0.4, 0.5) is 19.1 Å². The largest absolute Gasteiger partial charge is 0.416 e. The van der Waals surface area contributed by atoms with Crippen molar-refractivity contribution in [3.63, 3.8) is 0 Å². The Balaban J connectivity index is 2.32. The maximum Gasteiger partial charge on any atom is 0.416 e. The Bertz CT molecular complexity index is 607. The van der Waals surface area contributed by atoms with Gasteiger partial charge in [0, 0.05) is 18.3 Å². The zero-order valence-electron chi connectivity index (χ0n) is 11.8. The summed E-state index contributed by atoms with van der Waals surface area (Å²) in [6.45, 7) is 4.60. The van der Waals surface area contributed by atoms with E-state index in [4.69, 9.17) is 0 Å². The fourth-order valence-electron chi connectivity index (χ4n) is 1.87. The van der Waals surface area contributed by atoms with E-state index in [0.717, 1.165) is 30.7 Å². The molecule has 2 rings (SSSR count). The van der Waals surface area contributed by atoms with Crippen LogP contribution in [0.1, 0.15) is 24.5 Å². The van der Waals surface area contributed by atoms with Crippen LogP contribution in [0.25, 0.3) is 11.3 Å². The Hall–Kier alpha value is -2.11. The smallest absolute Gasteiger partial charge is 0.354 e. The van der Waals surface area contributed by atoms with E-state index in [9.17, 15) is 13.2 Å². The molecule has 0 unspecified atom stereocenters. The van der Waals surface area contributed by atoms with Gasteiger partial charge in [-0.25, -0.2) is 9.97 Å². The highest BCUT2D eigenvalue weighted by molar-refractivity contribution is 5.64. The van der Waals surface area contributed by atoms with E-state index >= 15 is 0 Å². The van der Waals surface area contributed by atoms with Crippen molar-refractivity contribution in [1.29, 1.82) is 0 Å². The maximum atomic E-state index is 12.6. The predicted molar refractivity (Wildman–Crippen MR) is 76.0 cm³/mol. The summed E-state index contributed by atoms with van der Waals surface area (Å²) in [6, 6.07) is 5.00. The molecule has 2 aromatic rings. The molecule has 1 heterocycles. The lowest BCUT2D eigenvalue weighted by molar-refractivity contribution is -0.137. The number of hydrogen-bond donors (Lipinski definition) is 1. The minimum atomic E-state index is -4.33. The van der Waals surface area contributed by atoms with E-state index in [-0.39, 0.29) is 0 Å². The third-order valence-corrected chi connectivity index (χ3v) is 2.99. The number of benzene rings is 1. The molecule has 0 atom stereocenters. The van der Waals surface area contributed by atoms with Gasteiger partial charge in [0.25, 0.3) is 0 Å². The van der Waals surface area contributed by atoms with Crippen LogP contribution in [0.2, 0.25) is 0 Å². The average molecular weight is 295 g/mol. The standard InChI is InChI=1S/C15H16F3N3/c1-3-8-19-14-20-9-10(2)13(21-14)11-4-6-12(7-5-11)15(16,17)18/h4-7,9H,3,8H2,1-2H3,(H,19,20,21). The Morgan fingerprint density at radius 2 is 1.81 bits per heavy atom. The van der Waals surface area contributed by atoms with Gasteiger partial charge < -0.3 is 5.32 Å².